The molecule has 0 saturated carbocycles. The molecule has 3 rings (SSSR count). The summed E-state index contributed by atoms with van der Waals surface area (Å²) in [6, 6.07) is 12.9. The molecule has 32 heavy (non-hydrogen) atoms. The number of nitrogens with one attached hydrogen (secondary N) is 1. The van der Waals surface area contributed by atoms with E-state index in [0.717, 1.165) is 11.1 Å². The molecule has 0 aliphatic heterocycles. The number of carbonyl (C=O) groups excluding carboxylic acids is 1. The second-order valence-electron chi connectivity index (χ2n) is 7.32. The van der Waals surface area contributed by atoms with Crippen molar-refractivity contribution in [3.63, 3.8) is 0 Å². The Hall–Kier alpha value is -3.81. The number of halogens is 1. The number of ether oxygens (including phenoxy) is 1. The van der Waals surface area contributed by atoms with E-state index in [4.69, 9.17) is 9.84 Å². The molecule has 166 valence electrons. The predicted octanol–water partition coefficient (Wildman–Crippen LogP) is 4.07. The van der Waals surface area contributed by atoms with E-state index in [9.17, 15) is 14.0 Å². The van der Waals surface area contributed by atoms with Crippen LogP contribution in [0.4, 0.5) is 4.39 Å². The lowest BCUT2D eigenvalue weighted by molar-refractivity contribution is 0.0696. The van der Waals surface area contributed by atoms with Crippen LogP contribution in [0.25, 0.3) is 0 Å². The van der Waals surface area contributed by atoms with E-state index in [1.54, 1.807) is 43.5 Å². The molecule has 1 amide bonds. The number of aryl methyl sites for hydroxylation is 2. The van der Waals surface area contributed by atoms with Crippen molar-refractivity contribution in [2.24, 2.45) is 0 Å². The van der Waals surface area contributed by atoms with Crippen LogP contribution in [0.5, 0.6) is 5.88 Å². The molecule has 3 aromatic rings. The summed E-state index contributed by atoms with van der Waals surface area (Å²) in [6.45, 7) is 1.97. The van der Waals surface area contributed by atoms with Crippen LogP contribution in [-0.4, -0.2) is 34.1 Å². The standard InChI is InChI=1S/C24H24FN3O4/c1-15-11-19(20(25)8-5-16-3-6-18(7-4-16)24(30)31)13-21(28-15)23(29)27-14-17-9-10-26-22(12-17)32-2/h3-4,6-7,9-13,20H,5,8,14H2,1-2H3,(H,27,29)(H,30,31). The zero-order valence-corrected chi connectivity index (χ0v) is 17.8. The van der Waals surface area contributed by atoms with Gasteiger partial charge in [-0.2, -0.15) is 0 Å². The number of hydrogen-bond donors (Lipinski definition) is 2. The van der Waals surface area contributed by atoms with E-state index in [2.05, 4.69) is 15.3 Å². The summed E-state index contributed by atoms with van der Waals surface area (Å²) >= 11 is 0. The first-order valence-corrected chi connectivity index (χ1v) is 10.1. The van der Waals surface area contributed by atoms with Gasteiger partial charge in [-0.05, 0) is 66.8 Å². The van der Waals surface area contributed by atoms with Crippen LogP contribution in [0.3, 0.4) is 0 Å². The highest BCUT2D eigenvalue weighted by molar-refractivity contribution is 5.92. The average Bonchev–Trinajstić information content (AvgIpc) is 2.80. The topological polar surface area (TPSA) is 101 Å². The molecule has 2 N–H and O–H groups in total. The lowest BCUT2D eigenvalue weighted by Gasteiger charge is -2.12. The van der Waals surface area contributed by atoms with Gasteiger partial charge in [-0.3, -0.25) is 4.79 Å². The average molecular weight is 437 g/mol. The maximum absolute atomic E-state index is 14.9. The molecule has 0 aliphatic rings. The lowest BCUT2D eigenvalue weighted by atomic mass is 10.0. The summed E-state index contributed by atoms with van der Waals surface area (Å²) < 4.78 is 20.0. The fourth-order valence-corrected chi connectivity index (χ4v) is 3.21. The summed E-state index contributed by atoms with van der Waals surface area (Å²) in [6.07, 6.45) is 0.945. The smallest absolute Gasteiger partial charge is 0.335 e. The second kappa shape index (κ2) is 10.5. The second-order valence-corrected chi connectivity index (χ2v) is 7.32. The first-order valence-electron chi connectivity index (χ1n) is 10.1. The molecule has 0 fully saturated rings. The van der Waals surface area contributed by atoms with E-state index in [1.807, 2.05) is 0 Å². The number of alkyl halides is 1. The molecule has 0 saturated heterocycles. The first kappa shape index (κ1) is 22.9. The molecule has 1 aromatic carbocycles. The molecule has 7 nitrogen and oxygen atoms in total. The van der Waals surface area contributed by atoms with Crippen LogP contribution in [-0.2, 0) is 13.0 Å². The third-order valence-electron chi connectivity index (χ3n) is 4.92. The molecule has 0 radical (unpaired) electrons. The van der Waals surface area contributed by atoms with Crippen LogP contribution >= 0.6 is 0 Å². The van der Waals surface area contributed by atoms with Crippen molar-refractivity contribution in [2.75, 3.05) is 7.11 Å². The number of pyridine rings is 2. The Labute approximate surface area is 185 Å². The van der Waals surface area contributed by atoms with Gasteiger partial charge in [-0.1, -0.05) is 12.1 Å². The van der Waals surface area contributed by atoms with E-state index in [0.29, 0.717) is 23.6 Å². The molecule has 0 spiro atoms. The maximum Gasteiger partial charge on any atom is 0.335 e. The van der Waals surface area contributed by atoms with Crippen molar-refractivity contribution in [3.8, 4) is 5.88 Å². The van der Waals surface area contributed by atoms with Crippen LogP contribution in [0.1, 0.15) is 55.8 Å². The predicted molar refractivity (Wildman–Crippen MR) is 117 cm³/mol. The molecular weight excluding hydrogens is 413 g/mol. The zero-order valence-electron chi connectivity index (χ0n) is 17.8. The highest BCUT2D eigenvalue weighted by Gasteiger charge is 2.16. The van der Waals surface area contributed by atoms with E-state index < -0.39 is 18.0 Å². The van der Waals surface area contributed by atoms with E-state index in [1.165, 1.54) is 25.3 Å². The molecule has 8 heteroatoms. The number of methoxy groups -OCH3 is 1. The Kier molecular flexibility index (Phi) is 7.49. The van der Waals surface area contributed by atoms with Gasteiger partial charge in [0.25, 0.3) is 5.91 Å². The summed E-state index contributed by atoms with van der Waals surface area (Å²) in [4.78, 5) is 31.8. The Bertz CT molecular complexity index is 1100. The van der Waals surface area contributed by atoms with Crippen LogP contribution < -0.4 is 10.1 Å². The number of hydrogen-bond acceptors (Lipinski definition) is 5. The first-order chi connectivity index (χ1) is 15.4. The number of amides is 1. The van der Waals surface area contributed by atoms with Crippen molar-refractivity contribution in [1.29, 1.82) is 0 Å². The number of carboxylic acid groups (broad SMARTS) is 1. The summed E-state index contributed by atoms with van der Waals surface area (Å²) in [7, 11) is 1.52. The van der Waals surface area contributed by atoms with E-state index in [-0.39, 0.29) is 24.2 Å². The van der Waals surface area contributed by atoms with Crippen molar-refractivity contribution in [1.82, 2.24) is 15.3 Å². The number of carboxylic acids is 1. The number of rotatable bonds is 9. The molecule has 0 aliphatic carbocycles. The monoisotopic (exact) mass is 437 g/mol. The Balaban J connectivity index is 1.63. The molecular formula is C24H24FN3O4. The van der Waals surface area contributed by atoms with Gasteiger partial charge in [0.1, 0.15) is 11.9 Å². The third kappa shape index (κ3) is 6.10. The van der Waals surface area contributed by atoms with Crippen molar-refractivity contribution in [3.05, 3.63) is 88.4 Å². The highest BCUT2D eigenvalue weighted by Crippen LogP contribution is 2.25. The minimum absolute atomic E-state index is 0.148. The molecule has 1 atom stereocenters. The third-order valence-corrected chi connectivity index (χ3v) is 4.92. The van der Waals surface area contributed by atoms with Gasteiger partial charge >= 0.3 is 5.97 Å². The van der Waals surface area contributed by atoms with Crippen LogP contribution in [0, 0.1) is 6.92 Å². The molecule has 2 heterocycles. The largest absolute Gasteiger partial charge is 0.481 e. The highest BCUT2D eigenvalue weighted by atomic mass is 19.1. The molecule has 0 bridgehead atoms. The molecule has 2 aromatic heterocycles. The van der Waals surface area contributed by atoms with Gasteiger partial charge in [-0.15, -0.1) is 0 Å². The SMILES string of the molecule is COc1cc(CNC(=O)c2cc(C(F)CCc3ccc(C(=O)O)cc3)cc(C)n2)ccn1. The quantitative estimate of drug-likeness (QED) is 0.523. The summed E-state index contributed by atoms with van der Waals surface area (Å²) in [5.74, 6) is -0.950. The fraction of sp³-hybridized carbons (Fsp3) is 0.250. The lowest BCUT2D eigenvalue weighted by Crippen LogP contribution is -2.24. The fourth-order valence-electron chi connectivity index (χ4n) is 3.21. The Morgan fingerprint density at radius 1 is 1.12 bits per heavy atom. The minimum atomic E-state index is -1.29. The maximum atomic E-state index is 14.9. The van der Waals surface area contributed by atoms with Gasteiger partial charge in [0.05, 0.1) is 12.7 Å². The zero-order chi connectivity index (χ0) is 23.1. The van der Waals surface area contributed by atoms with E-state index >= 15 is 0 Å². The van der Waals surface area contributed by atoms with Gasteiger partial charge in [-0.25, -0.2) is 19.2 Å². The summed E-state index contributed by atoms with van der Waals surface area (Å²) in [5, 5.41) is 11.7. The van der Waals surface area contributed by atoms with Gasteiger partial charge < -0.3 is 15.2 Å². The number of nitrogens with zero attached hydrogens (tertiary/aromatic N) is 2. The number of aromatic nitrogens is 2. The van der Waals surface area contributed by atoms with Gasteiger partial charge in [0, 0.05) is 24.5 Å². The number of aromatic carboxylic acids is 1. The van der Waals surface area contributed by atoms with Crippen molar-refractivity contribution in [2.45, 2.75) is 32.5 Å². The number of carbonyl (C=O) groups is 2. The van der Waals surface area contributed by atoms with Crippen molar-refractivity contribution >= 4 is 11.9 Å². The van der Waals surface area contributed by atoms with Crippen LogP contribution in [0.2, 0.25) is 0 Å². The van der Waals surface area contributed by atoms with Gasteiger partial charge in [0.2, 0.25) is 5.88 Å². The minimum Gasteiger partial charge on any atom is -0.481 e. The van der Waals surface area contributed by atoms with Crippen LogP contribution in [0.15, 0.2) is 54.7 Å². The Morgan fingerprint density at radius 2 is 1.88 bits per heavy atom. The number of benzene rings is 1. The Morgan fingerprint density at radius 3 is 2.56 bits per heavy atom. The summed E-state index contributed by atoms with van der Waals surface area (Å²) in [5.41, 5.74) is 2.93. The molecule has 1 unspecified atom stereocenters. The normalized spacial score (nSPS) is 11.6. The van der Waals surface area contributed by atoms with Gasteiger partial charge in [0.15, 0.2) is 0 Å². The van der Waals surface area contributed by atoms with Crippen molar-refractivity contribution < 1.29 is 23.8 Å².